The van der Waals surface area contributed by atoms with Crippen molar-refractivity contribution in [1.29, 1.82) is 5.26 Å². The molecule has 274 valence electrons. The normalized spacial score (nSPS) is 20.3. The second-order valence-corrected chi connectivity index (χ2v) is 15.2. The Hall–Kier alpha value is -4.64. The molecule has 2 aromatic carbocycles. The number of aromatic nitrogens is 4. The van der Waals surface area contributed by atoms with Gasteiger partial charge in [0.05, 0.1) is 36.8 Å². The Kier molecular flexibility index (Phi) is 10.2. The fourth-order valence-corrected chi connectivity index (χ4v) is 7.87. The number of piperazine rings is 1. The second kappa shape index (κ2) is 14.8. The van der Waals surface area contributed by atoms with E-state index < -0.39 is 11.2 Å². The SMILES string of the molecule is CC(C#N)(CCCC(C)(C)N1CCN(C2COC2)CC1)C(=O)N1CCC[C@@H](n2nc(-c3ccc(Oc4ccccc4)cc3F)c3c(N)ncnc32)C1. The van der Waals surface area contributed by atoms with Gasteiger partial charge in [-0.15, -0.1) is 0 Å². The van der Waals surface area contributed by atoms with Gasteiger partial charge >= 0.3 is 0 Å². The van der Waals surface area contributed by atoms with E-state index in [2.05, 4.69) is 39.7 Å². The van der Waals surface area contributed by atoms with Crippen LogP contribution in [0.2, 0.25) is 0 Å². The van der Waals surface area contributed by atoms with Gasteiger partial charge in [-0.3, -0.25) is 14.6 Å². The average Bonchev–Trinajstić information content (AvgIpc) is 3.52. The van der Waals surface area contributed by atoms with E-state index in [1.165, 1.54) is 12.4 Å². The average molecular weight is 710 g/mol. The molecule has 13 heteroatoms. The van der Waals surface area contributed by atoms with Crippen molar-refractivity contribution in [2.75, 3.05) is 58.2 Å². The van der Waals surface area contributed by atoms with Crippen LogP contribution in [0.5, 0.6) is 11.5 Å². The van der Waals surface area contributed by atoms with Crippen molar-refractivity contribution in [1.82, 2.24) is 34.4 Å². The maximum absolute atomic E-state index is 15.7. The van der Waals surface area contributed by atoms with Gasteiger partial charge in [0, 0.05) is 56.4 Å². The summed E-state index contributed by atoms with van der Waals surface area (Å²) in [6, 6.07) is 16.5. The Balaban J connectivity index is 1.04. The Labute approximate surface area is 304 Å². The second-order valence-electron chi connectivity index (χ2n) is 15.2. The van der Waals surface area contributed by atoms with Crippen molar-refractivity contribution in [2.45, 2.75) is 70.5 Å². The van der Waals surface area contributed by atoms with Crippen LogP contribution in [0.1, 0.15) is 58.9 Å². The molecule has 7 rings (SSSR count). The van der Waals surface area contributed by atoms with Gasteiger partial charge in [0.2, 0.25) is 5.91 Å². The molecule has 1 amide bonds. The van der Waals surface area contributed by atoms with Gasteiger partial charge in [0.1, 0.15) is 40.6 Å². The number of carbonyl (C=O) groups excluding carboxylic acids is 1. The lowest BCUT2D eigenvalue weighted by Crippen LogP contribution is -2.60. The van der Waals surface area contributed by atoms with E-state index in [9.17, 15) is 10.1 Å². The summed E-state index contributed by atoms with van der Waals surface area (Å²) < 4.78 is 28.7. The molecule has 3 aliphatic rings. The summed E-state index contributed by atoms with van der Waals surface area (Å²) in [6.07, 6.45) is 4.96. The molecule has 0 aliphatic carbocycles. The van der Waals surface area contributed by atoms with Crippen LogP contribution in [0.25, 0.3) is 22.3 Å². The van der Waals surface area contributed by atoms with Gasteiger partial charge in [-0.1, -0.05) is 18.2 Å². The van der Waals surface area contributed by atoms with Crippen molar-refractivity contribution in [2.24, 2.45) is 5.41 Å². The predicted octanol–water partition coefficient (Wildman–Crippen LogP) is 5.67. The number of hydrogen-bond donors (Lipinski definition) is 1. The number of fused-ring (bicyclic) bond motifs is 1. The first-order chi connectivity index (χ1) is 25.1. The molecule has 0 saturated carbocycles. The number of nitrogens with zero attached hydrogens (tertiary/aromatic N) is 8. The number of anilines is 1. The van der Waals surface area contributed by atoms with Crippen LogP contribution >= 0.6 is 0 Å². The molecule has 0 spiro atoms. The van der Waals surface area contributed by atoms with E-state index in [0.717, 1.165) is 65.1 Å². The van der Waals surface area contributed by atoms with E-state index in [4.69, 9.17) is 20.3 Å². The highest BCUT2D eigenvalue weighted by Gasteiger charge is 2.40. The van der Waals surface area contributed by atoms with Crippen molar-refractivity contribution >= 4 is 22.8 Å². The Morgan fingerprint density at radius 3 is 2.48 bits per heavy atom. The van der Waals surface area contributed by atoms with Crippen LogP contribution in [0.4, 0.5) is 10.2 Å². The van der Waals surface area contributed by atoms with Crippen molar-refractivity contribution < 1.29 is 18.7 Å². The van der Waals surface area contributed by atoms with Crippen LogP contribution in [0, 0.1) is 22.6 Å². The van der Waals surface area contributed by atoms with Gasteiger partial charge in [0.25, 0.3) is 0 Å². The summed E-state index contributed by atoms with van der Waals surface area (Å²) in [5.41, 5.74) is 6.20. The quantitative estimate of drug-likeness (QED) is 0.208. The number of halogens is 1. The molecule has 3 fully saturated rings. The van der Waals surface area contributed by atoms with Crippen LogP contribution in [0.15, 0.2) is 54.9 Å². The number of likely N-dealkylation sites (tertiary alicyclic amines) is 1. The van der Waals surface area contributed by atoms with E-state index >= 15 is 4.39 Å². The van der Waals surface area contributed by atoms with Crippen molar-refractivity contribution in [3.63, 3.8) is 0 Å². The molecular formula is C39H48FN9O3. The standard InChI is InChI=1S/C39H48FN9O3/c1-38(2,48-19-17-46(18-20-48)28-23-51-24-28)14-8-15-39(3,25-41)37(50)47-16-7-9-27(22-47)49-36-33(35(42)43-26-44-36)34(45-49)31-13-12-30(21-32(31)40)52-29-10-5-4-6-11-29/h4-6,10-13,21,26-28H,7-9,14-20,22-24H2,1-3H3,(H2,42,43,44)/t27-,39?/m1/s1. The predicted molar refractivity (Wildman–Crippen MR) is 196 cm³/mol. The third-order valence-electron chi connectivity index (χ3n) is 11.2. The number of rotatable bonds is 11. The fourth-order valence-electron chi connectivity index (χ4n) is 7.87. The summed E-state index contributed by atoms with van der Waals surface area (Å²) in [7, 11) is 0. The van der Waals surface area contributed by atoms with E-state index in [0.29, 0.717) is 53.8 Å². The molecule has 1 unspecified atom stereocenters. The first kappa shape index (κ1) is 35.7. The first-order valence-corrected chi connectivity index (χ1v) is 18.4. The maximum atomic E-state index is 15.7. The molecule has 4 aromatic rings. The van der Waals surface area contributed by atoms with E-state index in [-0.39, 0.29) is 28.9 Å². The molecule has 3 aliphatic heterocycles. The zero-order valence-corrected chi connectivity index (χ0v) is 30.3. The molecular weight excluding hydrogens is 661 g/mol. The largest absolute Gasteiger partial charge is 0.457 e. The van der Waals surface area contributed by atoms with Gasteiger partial charge in [-0.2, -0.15) is 10.4 Å². The number of hydrogen-bond acceptors (Lipinski definition) is 10. The lowest BCUT2D eigenvalue weighted by Gasteiger charge is -2.47. The van der Waals surface area contributed by atoms with Gasteiger partial charge < -0.3 is 20.1 Å². The summed E-state index contributed by atoms with van der Waals surface area (Å²) in [6.45, 7) is 13.0. The highest BCUT2D eigenvalue weighted by molar-refractivity contribution is 5.98. The lowest BCUT2D eigenvalue weighted by atomic mass is 9.82. The number of nitrogen functional groups attached to an aromatic ring is 1. The first-order valence-electron chi connectivity index (χ1n) is 18.4. The molecule has 52 heavy (non-hydrogen) atoms. The van der Waals surface area contributed by atoms with Gasteiger partial charge in [-0.05, 0) is 77.1 Å². The third kappa shape index (κ3) is 7.20. The minimum atomic E-state index is -1.16. The number of carbonyl (C=O) groups is 1. The smallest absolute Gasteiger partial charge is 0.242 e. The minimum Gasteiger partial charge on any atom is -0.457 e. The van der Waals surface area contributed by atoms with Crippen LogP contribution in [-0.4, -0.2) is 104 Å². The Bertz CT molecular complexity index is 1930. The van der Waals surface area contributed by atoms with Crippen molar-refractivity contribution in [3.8, 4) is 28.8 Å². The van der Waals surface area contributed by atoms with Gasteiger partial charge in [0.15, 0.2) is 5.65 Å². The molecule has 0 radical (unpaired) electrons. The van der Waals surface area contributed by atoms with E-state index in [1.54, 1.807) is 40.8 Å². The van der Waals surface area contributed by atoms with Crippen LogP contribution in [-0.2, 0) is 9.53 Å². The Morgan fingerprint density at radius 2 is 1.79 bits per heavy atom. The van der Waals surface area contributed by atoms with Crippen LogP contribution < -0.4 is 10.5 Å². The number of piperidine rings is 1. The number of nitriles is 1. The fraction of sp³-hybridized carbons (Fsp3) is 0.513. The maximum Gasteiger partial charge on any atom is 0.242 e. The molecule has 12 nitrogen and oxygen atoms in total. The number of nitrogens with two attached hydrogens (primary N) is 1. The number of amides is 1. The number of para-hydroxylation sites is 1. The number of ether oxygens (including phenoxy) is 2. The monoisotopic (exact) mass is 709 g/mol. The molecule has 3 saturated heterocycles. The molecule has 2 atom stereocenters. The zero-order valence-electron chi connectivity index (χ0n) is 30.3. The molecule has 2 aromatic heterocycles. The summed E-state index contributed by atoms with van der Waals surface area (Å²) in [5.74, 6) is 0.444. The van der Waals surface area contributed by atoms with Gasteiger partial charge in [-0.25, -0.2) is 19.0 Å². The molecule has 5 heterocycles. The minimum absolute atomic E-state index is 0.0326. The topological polar surface area (TPSA) is 139 Å². The molecule has 2 N–H and O–H groups in total. The summed E-state index contributed by atoms with van der Waals surface area (Å²) in [4.78, 5) is 29.7. The number of benzene rings is 2. The van der Waals surface area contributed by atoms with E-state index in [1.807, 2.05) is 18.2 Å². The highest BCUT2D eigenvalue weighted by Crippen LogP contribution is 2.38. The third-order valence-corrected chi connectivity index (χ3v) is 11.2. The highest BCUT2D eigenvalue weighted by atomic mass is 19.1. The summed E-state index contributed by atoms with van der Waals surface area (Å²) in [5, 5.41) is 15.7. The molecule has 0 bridgehead atoms. The van der Waals surface area contributed by atoms with Crippen LogP contribution in [0.3, 0.4) is 0 Å². The zero-order chi connectivity index (χ0) is 36.5. The lowest BCUT2D eigenvalue weighted by molar-refractivity contribution is -0.140. The van der Waals surface area contributed by atoms with Crippen molar-refractivity contribution in [3.05, 3.63) is 60.7 Å². The summed E-state index contributed by atoms with van der Waals surface area (Å²) >= 11 is 0. The Morgan fingerprint density at radius 1 is 1.02 bits per heavy atom.